The first-order valence-electron chi connectivity index (χ1n) is 9.62. The predicted octanol–water partition coefficient (Wildman–Crippen LogP) is 4.30. The number of nitrogens with two attached hydrogens (primary N) is 1. The highest BCUT2D eigenvalue weighted by atomic mass is 15.2. The van der Waals surface area contributed by atoms with Gasteiger partial charge in [0.15, 0.2) is 0 Å². The van der Waals surface area contributed by atoms with Crippen LogP contribution in [0, 0.1) is 0 Å². The smallest absolute Gasteiger partial charge is 0.283 e. The maximum Gasteiger partial charge on any atom is 0.283 e. The van der Waals surface area contributed by atoms with E-state index in [0.29, 0.717) is 6.54 Å². The van der Waals surface area contributed by atoms with Gasteiger partial charge in [0.1, 0.15) is 0 Å². The number of aromatic amines is 1. The maximum absolute atomic E-state index is 5.77. The summed E-state index contributed by atoms with van der Waals surface area (Å²) in [5.41, 5.74) is 12.2. The molecule has 0 saturated carbocycles. The number of nitrogens with one attached hydrogen (secondary N) is 1. The highest BCUT2D eigenvalue weighted by Crippen LogP contribution is 2.35. The largest absolute Gasteiger partial charge is 0.326 e. The monoisotopic (exact) mass is 369 g/mol. The van der Waals surface area contributed by atoms with E-state index in [1.54, 1.807) is 0 Å². The van der Waals surface area contributed by atoms with Crippen LogP contribution in [0.3, 0.4) is 0 Å². The summed E-state index contributed by atoms with van der Waals surface area (Å²) in [5, 5.41) is 1.12. The van der Waals surface area contributed by atoms with Gasteiger partial charge in [0.25, 0.3) is 5.82 Å². The van der Waals surface area contributed by atoms with Gasteiger partial charge in [-0.2, -0.15) is 0 Å². The average molecular weight is 369 g/mol. The third kappa shape index (κ3) is 3.35. The Morgan fingerprint density at radius 3 is 2.39 bits per heavy atom. The van der Waals surface area contributed by atoms with E-state index in [-0.39, 0.29) is 0 Å². The maximum atomic E-state index is 5.77. The van der Waals surface area contributed by atoms with E-state index >= 15 is 0 Å². The van der Waals surface area contributed by atoms with Gasteiger partial charge in [-0.25, -0.2) is 9.97 Å². The molecule has 0 aliphatic carbocycles. The van der Waals surface area contributed by atoms with Crippen molar-refractivity contribution in [3.05, 3.63) is 78.5 Å². The van der Waals surface area contributed by atoms with Crippen molar-refractivity contribution >= 4 is 16.7 Å². The standard InChI is InChI=1S/C24H24N4/c1-3-28(2)24-21-15-20(18-7-5-4-6-8-18)23(27-22(21)13-14-26-24)19-11-9-17(16-25)10-12-19/h4-15H,3,16,25H2,1-2H3/p+1. The van der Waals surface area contributed by atoms with Crippen molar-refractivity contribution in [1.29, 1.82) is 0 Å². The average Bonchev–Trinajstić information content (AvgIpc) is 2.78. The zero-order valence-corrected chi connectivity index (χ0v) is 16.3. The van der Waals surface area contributed by atoms with E-state index in [9.17, 15) is 0 Å². The molecule has 2 heterocycles. The number of hydrogen-bond acceptors (Lipinski definition) is 3. The molecule has 0 radical (unpaired) electrons. The first kappa shape index (κ1) is 18.1. The zero-order valence-electron chi connectivity index (χ0n) is 16.3. The first-order valence-corrected chi connectivity index (χ1v) is 9.62. The van der Waals surface area contributed by atoms with Crippen molar-refractivity contribution in [1.82, 2.24) is 4.98 Å². The molecule has 0 saturated heterocycles. The number of anilines is 1. The van der Waals surface area contributed by atoms with Gasteiger partial charge in [0.2, 0.25) is 0 Å². The topological polar surface area (TPSA) is 56.3 Å². The molecule has 3 N–H and O–H groups in total. The molecule has 0 fully saturated rings. The van der Waals surface area contributed by atoms with Crippen molar-refractivity contribution in [3.8, 4) is 22.4 Å². The van der Waals surface area contributed by atoms with Crippen LogP contribution < -0.4 is 15.6 Å². The number of hydrogen-bond donors (Lipinski definition) is 1. The molecule has 2 aromatic carbocycles. The molecule has 0 spiro atoms. The number of fused-ring (bicyclic) bond motifs is 1. The Morgan fingerprint density at radius 1 is 0.964 bits per heavy atom. The van der Waals surface area contributed by atoms with E-state index in [2.05, 4.69) is 78.5 Å². The van der Waals surface area contributed by atoms with Crippen LogP contribution in [0.4, 0.5) is 5.82 Å². The summed E-state index contributed by atoms with van der Waals surface area (Å²) < 4.78 is 0. The summed E-state index contributed by atoms with van der Waals surface area (Å²) in [6.45, 7) is 3.60. The van der Waals surface area contributed by atoms with Crippen molar-refractivity contribution < 1.29 is 4.98 Å². The molecule has 28 heavy (non-hydrogen) atoms. The second-order valence-electron chi connectivity index (χ2n) is 6.92. The lowest BCUT2D eigenvalue weighted by Gasteiger charge is -2.14. The highest BCUT2D eigenvalue weighted by Gasteiger charge is 2.18. The van der Waals surface area contributed by atoms with E-state index in [1.807, 2.05) is 18.3 Å². The van der Waals surface area contributed by atoms with E-state index < -0.39 is 0 Å². The second-order valence-corrected chi connectivity index (χ2v) is 6.92. The van der Waals surface area contributed by atoms with Crippen molar-refractivity contribution in [3.63, 3.8) is 0 Å². The van der Waals surface area contributed by atoms with Gasteiger partial charge in [-0.15, -0.1) is 0 Å². The van der Waals surface area contributed by atoms with Crippen molar-refractivity contribution in [2.24, 2.45) is 5.73 Å². The molecule has 4 nitrogen and oxygen atoms in total. The predicted molar refractivity (Wildman–Crippen MR) is 116 cm³/mol. The Balaban J connectivity index is 1.99. The summed E-state index contributed by atoms with van der Waals surface area (Å²) in [6.07, 6.45) is 1.96. The fourth-order valence-electron chi connectivity index (χ4n) is 3.45. The van der Waals surface area contributed by atoms with Gasteiger partial charge in [0.05, 0.1) is 36.4 Å². The third-order valence-corrected chi connectivity index (χ3v) is 5.17. The minimum Gasteiger partial charge on any atom is -0.326 e. The number of pyridine rings is 2. The molecule has 0 unspecified atom stereocenters. The van der Waals surface area contributed by atoms with Crippen LogP contribution in [-0.2, 0) is 6.54 Å². The van der Waals surface area contributed by atoms with Gasteiger partial charge in [0, 0.05) is 23.7 Å². The summed E-state index contributed by atoms with van der Waals surface area (Å²) in [5.74, 6) is 1.08. The van der Waals surface area contributed by atoms with Gasteiger partial charge >= 0.3 is 0 Å². The van der Waals surface area contributed by atoms with E-state index in [1.165, 1.54) is 0 Å². The molecule has 4 rings (SSSR count). The number of benzene rings is 2. The summed E-state index contributed by atoms with van der Waals surface area (Å²) in [4.78, 5) is 10.7. The van der Waals surface area contributed by atoms with Crippen molar-refractivity contribution in [2.75, 3.05) is 18.5 Å². The highest BCUT2D eigenvalue weighted by molar-refractivity contribution is 5.96. The molecule has 4 heteroatoms. The lowest BCUT2D eigenvalue weighted by atomic mass is 9.97. The summed E-state index contributed by atoms with van der Waals surface area (Å²) in [6, 6.07) is 23.1. The second kappa shape index (κ2) is 7.79. The molecule has 0 bridgehead atoms. The van der Waals surface area contributed by atoms with Crippen LogP contribution in [0.1, 0.15) is 12.5 Å². The minimum absolute atomic E-state index is 0.541. The molecule has 140 valence electrons. The molecule has 0 atom stereocenters. The fourth-order valence-corrected chi connectivity index (χ4v) is 3.45. The Hall–Kier alpha value is -3.24. The Bertz CT molecular complexity index is 1090. The number of aromatic nitrogens is 2. The van der Waals surface area contributed by atoms with Crippen LogP contribution in [0.5, 0.6) is 0 Å². The number of rotatable bonds is 5. The van der Waals surface area contributed by atoms with Gasteiger partial charge in [-0.05, 0) is 24.1 Å². The summed E-state index contributed by atoms with van der Waals surface area (Å²) in [7, 11) is 2.09. The molecular weight excluding hydrogens is 344 g/mol. The normalized spacial score (nSPS) is 11.0. The molecule has 4 aromatic rings. The number of H-pyrrole nitrogens is 1. The van der Waals surface area contributed by atoms with Crippen LogP contribution in [0.15, 0.2) is 72.9 Å². The lowest BCUT2D eigenvalue weighted by Crippen LogP contribution is -2.24. The fraction of sp³-hybridized carbons (Fsp3) is 0.167. The Morgan fingerprint density at radius 2 is 1.71 bits per heavy atom. The van der Waals surface area contributed by atoms with Crippen LogP contribution in [0.25, 0.3) is 33.3 Å². The lowest BCUT2D eigenvalue weighted by molar-refractivity contribution is -0.362. The van der Waals surface area contributed by atoms with Gasteiger partial charge < -0.3 is 5.73 Å². The van der Waals surface area contributed by atoms with E-state index in [4.69, 9.17) is 10.7 Å². The van der Waals surface area contributed by atoms with E-state index in [0.717, 1.165) is 51.2 Å². The molecule has 0 aliphatic rings. The van der Waals surface area contributed by atoms with Crippen LogP contribution in [-0.4, -0.2) is 18.6 Å². The molecular formula is C24H25N4+. The Kier molecular flexibility index (Phi) is 5.04. The van der Waals surface area contributed by atoms with Crippen molar-refractivity contribution in [2.45, 2.75) is 13.5 Å². The minimum atomic E-state index is 0.541. The third-order valence-electron chi connectivity index (χ3n) is 5.17. The van der Waals surface area contributed by atoms with Crippen LogP contribution in [0.2, 0.25) is 0 Å². The van der Waals surface area contributed by atoms with Crippen LogP contribution >= 0.6 is 0 Å². The molecule has 2 aromatic heterocycles. The molecule has 0 aliphatic heterocycles. The number of nitrogens with zero attached hydrogens (tertiary/aromatic N) is 2. The first-order chi connectivity index (χ1) is 13.7. The quantitative estimate of drug-likeness (QED) is 0.571. The summed E-state index contributed by atoms with van der Waals surface area (Å²) >= 11 is 0. The van der Waals surface area contributed by atoms with Gasteiger partial charge in [-0.1, -0.05) is 54.6 Å². The Labute approximate surface area is 165 Å². The molecule has 0 amide bonds. The SMILES string of the molecule is CCN(C)c1[nH+]ccc2nc(-c3ccc(CN)cc3)c(-c3ccccc3)cc12. The zero-order chi connectivity index (χ0) is 19.5. The van der Waals surface area contributed by atoms with Gasteiger partial charge in [-0.3, -0.25) is 4.90 Å².